The van der Waals surface area contributed by atoms with Crippen LogP contribution in [0.4, 0.5) is 0 Å². The molecule has 4 N–H and O–H groups in total. The zero-order valence-corrected chi connectivity index (χ0v) is 43.0. The van der Waals surface area contributed by atoms with Gasteiger partial charge in [-0.2, -0.15) is 8.42 Å². The van der Waals surface area contributed by atoms with E-state index in [2.05, 4.69) is 103 Å². The first kappa shape index (κ1) is 63.3. The predicted octanol–water partition coefficient (Wildman–Crippen LogP) is 12.4. The molecule has 1 aliphatic rings. The summed E-state index contributed by atoms with van der Waals surface area (Å²) in [6.07, 6.45) is 51.8. The topological polar surface area (TPSA) is 178 Å². The van der Waals surface area contributed by atoms with Crippen LogP contribution in [-0.2, 0) is 38.3 Å². The average molecular weight is 979 g/mol. The van der Waals surface area contributed by atoms with Crippen molar-refractivity contribution in [2.75, 3.05) is 26.4 Å². The Balaban J connectivity index is 2.35. The molecule has 0 aromatic rings. The number of unbranched alkanes of at least 4 members (excludes halogenated alkanes) is 18. The highest BCUT2D eigenvalue weighted by atomic mass is 32.3. The molecule has 0 saturated carbocycles. The largest absolute Gasteiger partial charge is 0.457 e. The van der Waals surface area contributed by atoms with E-state index in [1.54, 1.807) is 0 Å². The van der Waals surface area contributed by atoms with Crippen molar-refractivity contribution in [3.05, 3.63) is 85.1 Å². The average Bonchev–Trinajstić information content (AvgIpc) is 3.31. The first-order valence-corrected chi connectivity index (χ1v) is 27.7. The third-order valence-electron chi connectivity index (χ3n) is 11.5. The Bertz CT molecular complexity index is 1500. The first-order valence-electron chi connectivity index (χ1n) is 26.3. The molecular weight excluding hydrogens is 885 g/mol. The monoisotopic (exact) mass is 979 g/mol. The number of hydrogen-bond acceptors (Lipinski definition) is 11. The molecular formula is C55H94O12S. The molecule has 1 aliphatic heterocycles. The molecule has 0 radical (unpaired) electrons. The van der Waals surface area contributed by atoms with Crippen molar-refractivity contribution < 1.29 is 56.2 Å². The van der Waals surface area contributed by atoms with Gasteiger partial charge in [0.1, 0.15) is 30.5 Å². The summed E-state index contributed by atoms with van der Waals surface area (Å²) < 4.78 is 59.3. The second-order valence-electron chi connectivity index (χ2n) is 17.7. The third kappa shape index (κ3) is 38.1. The van der Waals surface area contributed by atoms with Gasteiger partial charge in [-0.1, -0.05) is 189 Å². The highest BCUT2D eigenvalue weighted by molar-refractivity contribution is 7.80. The second kappa shape index (κ2) is 45.4. The Hall–Kier alpha value is -2.72. The number of rotatable bonds is 45. The third-order valence-corrected chi connectivity index (χ3v) is 12.0. The van der Waals surface area contributed by atoms with Gasteiger partial charge in [-0.3, -0.25) is 9.35 Å². The summed E-state index contributed by atoms with van der Waals surface area (Å²) in [6.45, 7) is 3.75. The Morgan fingerprint density at radius 1 is 0.559 bits per heavy atom. The summed E-state index contributed by atoms with van der Waals surface area (Å²) in [4.78, 5) is 12.9. The minimum Gasteiger partial charge on any atom is -0.457 e. The van der Waals surface area contributed by atoms with Gasteiger partial charge in [0, 0.05) is 13.0 Å². The van der Waals surface area contributed by atoms with Crippen molar-refractivity contribution in [2.24, 2.45) is 0 Å². The molecule has 6 unspecified atom stereocenters. The molecule has 392 valence electrons. The molecule has 1 rings (SSSR count). The van der Waals surface area contributed by atoms with E-state index in [9.17, 15) is 33.1 Å². The van der Waals surface area contributed by atoms with E-state index in [1.165, 1.54) is 70.6 Å². The molecule has 0 aromatic carbocycles. The normalized spacial score (nSPS) is 20.0. The molecule has 13 heteroatoms. The lowest BCUT2D eigenvalue weighted by atomic mass is 9.99. The van der Waals surface area contributed by atoms with Crippen molar-refractivity contribution >= 4 is 16.4 Å². The lowest BCUT2D eigenvalue weighted by Gasteiger charge is -2.41. The summed E-state index contributed by atoms with van der Waals surface area (Å²) >= 11 is 0. The van der Waals surface area contributed by atoms with Crippen molar-refractivity contribution in [2.45, 2.75) is 230 Å². The number of aliphatic hydroxyl groups is 3. The van der Waals surface area contributed by atoms with Crippen LogP contribution in [-0.4, -0.2) is 97.5 Å². The summed E-state index contributed by atoms with van der Waals surface area (Å²) in [7, 11) is -5.07. The quantitative estimate of drug-likeness (QED) is 0.0197. The van der Waals surface area contributed by atoms with Crippen LogP contribution in [0.3, 0.4) is 0 Å². The maximum Gasteiger partial charge on any atom is 0.397 e. The standard InChI is InChI=1S/C55H94O12S/c1-3-5-7-9-11-13-15-17-19-21-23-24-25-26-27-28-30-32-34-36-38-40-42-44-51(57)65-49(48-64-55-53(59)54(67-68(60,61)62)52(58)50(46-56)66-55)47-63-45-43-41-39-37-35-33-31-29-22-20-18-16-14-12-10-8-6-4-2/h5-8,11-14,17-20,23-24,49-50,52-56,58-59H,3-4,9-10,15-16,21-22,25-48H2,1-2H3,(H,60,61,62)/b7-5-,8-6-,13-11-,14-12-,19-17-,20-18-,24-23-. The molecule has 0 aliphatic carbocycles. The van der Waals surface area contributed by atoms with Gasteiger partial charge in [-0.25, -0.2) is 4.18 Å². The minimum absolute atomic E-state index is 0.0248. The van der Waals surface area contributed by atoms with Gasteiger partial charge in [0.25, 0.3) is 0 Å². The van der Waals surface area contributed by atoms with Crippen LogP contribution in [0.1, 0.15) is 194 Å². The molecule has 0 aromatic heterocycles. The van der Waals surface area contributed by atoms with Gasteiger partial charge in [0.2, 0.25) is 0 Å². The van der Waals surface area contributed by atoms with Crippen LogP contribution in [0.15, 0.2) is 85.1 Å². The fourth-order valence-corrected chi connectivity index (χ4v) is 8.13. The highest BCUT2D eigenvalue weighted by Crippen LogP contribution is 2.26. The van der Waals surface area contributed by atoms with Gasteiger partial charge >= 0.3 is 16.4 Å². The van der Waals surface area contributed by atoms with Crippen LogP contribution in [0.25, 0.3) is 0 Å². The predicted molar refractivity (Wildman–Crippen MR) is 275 cm³/mol. The Kier molecular flexibility index (Phi) is 42.3. The Morgan fingerprint density at radius 2 is 0.971 bits per heavy atom. The summed E-state index contributed by atoms with van der Waals surface area (Å²) in [5.41, 5.74) is 0. The summed E-state index contributed by atoms with van der Waals surface area (Å²) in [5.74, 6) is -0.409. The zero-order valence-electron chi connectivity index (χ0n) is 42.1. The van der Waals surface area contributed by atoms with E-state index in [4.69, 9.17) is 18.9 Å². The van der Waals surface area contributed by atoms with Crippen LogP contribution < -0.4 is 0 Å². The molecule has 6 atom stereocenters. The van der Waals surface area contributed by atoms with Crippen molar-refractivity contribution in [1.29, 1.82) is 0 Å². The highest BCUT2D eigenvalue weighted by Gasteiger charge is 2.48. The van der Waals surface area contributed by atoms with Gasteiger partial charge < -0.3 is 34.3 Å². The zero-order chi connectivity index (χ0) is 49.6. The molecule has 0 spiro atoms. The van der Waals surface area contributed by atoms with E-state index in [0.29, 0.717) is 13.0 Å². The number of carbonyl (C=O) groups is 1. The fraction of sp³-hybridized carbons (Fsp3) is 0.727. The molecule has 1 fully saturated rings. The first-order chi connectivity index (χ1) is 33.1. The van der Waals surface area contributed by atoms with Crippen molar-refractivity contribution in [1.82, 2.24) is 0 Å². The molecule has 1 heterocycles. The SMILES string of the molecule is CC/C=C\C/C=C\C/C=C\C/C=C\CCCCCCCCCCCCC(=O)OC(COCCCCCCCCCC/C=C\C/C=C\C/C=C\CC)COC1OC(CO)C(O)C(OS(=O)(=O)O)C1O. The van der Waals surface area contributed by atoms with E-state index < -0.39 is 59.8 Å². The summed E-state index contributed by atoms with van der Waals surface area (Å²) in [5, 5.41) is 30.8. The number of allylic oxidation sites excluding steroid dienone is 14. The van der Waals surface area contributed by atoms with Gasteiger partial charge in [0.15, 0.2) is 6.29 Å². The maximum absolute atomic E-state index is 12.9. The second-order valence-corrected chi connectivity index (χ2v) is 18.7. The van der Waals surface area contributed by atoms with Crippen LogP contribution in [0.5, 0.6) is 0 Å². The van der Waals surface area contributed by atoms with Crippen molar-refractivity contribution in [3.63, 3.8) is 0 Å². The van der Waals surface area contributed by atoms with E-state index in [0.717, 1.165) is 96.3 Å². The lowest BCUT2D eigenvalue weighted by molar-refractivity contribution is -0.301. The molecule has 12 nitrogen and oxygen atoms in total. The smallest absolute Gasteiger partial charge is 0.397 e. The number of aliphatic hydroxyl groups excluding tert-OH is 3. The van der Waals surface area contributed by atoms with E-state index >= 15 is 0 Å². The van der Waals surface area contributed by atoms with Crippen molar-refractivity contribution in [3.8, 4) is 0 Å². The maximum atomic E-state index is 12.9. The molecule has 68 heavy (non-hydrogen) atoms. The number of ether oxygens (including phenoxy) is 4. The van der Waals surface area contributed by atoms with Crippen LogP contribution in [0, 0.1) is 0 Å². The Morgan fingerprint density at radius 3 is 1.41 bits per heavy atom. The van der Waals surface area contributed by atoms with Crippen LogP contribution in [0.2, 0.25) is 0 Å². The molecule has 1 saturated heterocycles. The molecule has 0 amide bonds. The number of hydrogen-bond donors (Lipinski definition) is 4. The number of carbonyl (C=O) groups excluding carboxylic acids is 1. The van der Waals surface area contributed by atoms with E-state index in [1.807, 2.05) is 0 Å². The van der Waals surface area contributed by atoms with E-state index in [-0.39, 0.29) is 19.6 Å². The van der Waals surface area contributed by atoms with Crippen LogP contribution >= 0.6 is 0 Å². The number of esters is 1. The molecule has 0 bridgehead atoms. The summed E-state index contributed by atoms with van der Waals surface area (Å²) in [6, 6.07) is 0. The Labute approximate surface area is 413 Å². The van der Waals surface area contributed by atoms with Gasteiger partial charge in [-0.15, -0.1) is 0 Å². The fourth-order valence-electron chi connectivity index (χ4n) is 7.62. The lowest BCUT2D eigenvalue weighted by Crippen LogP contribution is -2.60. The van der Waals surface area contributed by atoms with Gasteiger partial charge in [-0.05, 0) is 83.5 Å². The van der Waals surface area contributed by atoms with Gasteiger partial charge in [0.05, 0.1) is 19.8 Å². The minimum atomic E-state index is -5.07.